The van der Waals surface area contributed by atoms with Crippen molar-refractivity contribution in [2.75, 3.05) is 11.9 Å². The summed E-state index contributed by atoms with van der Waals surface area (Å²) in [4.78, 5) is 20.4. The molecule has 2 amide bonds. The number of hydrogen-bond donors (Lipinski definition) is 2. The number of amides is 2. The highest BCUT2D eigenvalue weighted by atomic mass is 16.5. The highest BCUT2D eigenvalue weighted by Gasteiger charge is 2.26. The largest absolute Gasteiger partial charge is 0.372 e. The van der Waals surface area contributed by atoms with Crippen molar-refractivity contribution in [3.8, 4) is 0 Å². The molecule has 0 aromatic carbocycles. The number of carbonyl (C=O) groups excluding carboxylic acids is 1. The van der Waals surface area contributed by atoms with E-state index in [1.807, 2.05) is 30.8 Å². The first-order valence-corrected chi connectivity index (χ1v) is 7.70. The molecule has 2 atom stereocenters. The maximum atomic E-state index is 12.1. The van der Waals surface area contributed by atoms with Crippen molar-refractivity contribution in [3.63, 3.8) is 0 Å². The van der Waals surface area contributed by atoms with E-state index < -0.39 is 0 Å². The minimum atomic E-state index is -0.239. The summed E-state index contributed by atoms with van der Waals surface area (Å²) in [7, 11) is 1.94. The quantitative estimate of drug-likeness (QED) is 0.909. The van der Waals surface area contributed by atoms with E-state index in [1.54, 1.807) is 18.6 Å². The number of pyridine rings is 1. The number of aromatic nitrogens is 3. The number of nitrogens with one attached hydrogen (secondary N) is 2. The second-order valence-electron chi connectivity index (χ2n) is 5.83. The second-order valence-corrected chi connectivity index (χ2v) is 5.83. The Morgan fingerprint density at radius 3 is 2.96 bits per heavy atom. The van der Waals surface area contributed by atoms with E-state index in [9.17, 15) is 4.79 Å². The molecule has 0 saturated carbocycles. The molecule has 1 fully saturated rings. The van der Waals surface area contributed by atoms with Crippen molar-refractivity contribution in [2.24, 2.45) is 7.05 Å². The van der Waals surface area contributed by atoms with Crippen LogP contribution in [0.15, 0.2) is 30.9 Å². The third-order valence-electron chi connectivity index (χ3n) is 3.96. The highest BCUT2D eigenvalue weighted by Crippen LogP contribution is 2.27. The van der Waals surface area contributed by atoms with E-state index in [0.29, 0.717) is 12.4 Å². The Morgan fingerprint density at radius 2 is 2.26 bits per heavy atom. The molecule has 3 rings (SSSR count). The van der Waals surface area contributed by atoms with Crippen LogP contribution in [0.2, 0.25) is 0 Å². The number of carbonyl (C=O) groups is 1. The molecule has 1 aliphatic heterocycles. The van der Waals surface area contributed by atoms with Gasteiger partial charge in [0, 0.05) is 25.9 Å². The highest BCUT2D eigenvalue weighted by molar-refractivity contribution is 5.88. The first kappa shape index (κ1) is 15.5. The molecule has 7 heteroatoms. The Labute approximate surface area is 135 Å². The van der Waals surface area contributed by atoms with Gasteiger partial charge in [0.15, 0.2) is 0 Å². The van der Waals surface area contributed by atoms with Gasteiger partial charge in [-0.15, -0.1) is 0 Å². The lowest BCUT2D eigenvalue weighted by Gasteiger charge is -2.30. The van der Waals surface area contributed by atoms with E-state index >= 15 is 0 Å². The van der Waals surface area contributed by atoms with Gasteiger partial charge in [-0.25, -0.2) is 14.8 Å². The lowest BCUT2D eigenvalue weighted by molar-refractivity contribution is -0.00151. The minimum absolute atomic E-state index is 0.0425. The van der Waals surface area contributed by atoms with Crippen LogP contribution in [0.3, 0.4) is 0 Å². The maximum Gasteiger partial charge on any atom is 0.320 e. The SMILES string of the molecule is Cc1ccc(NC(=O)NC2CCOC(c3cncn3C)C2)nc1. The fourth-order valence-corrected chi connectivity index (χ4v) is 2.69. The summed E-state index contributed by atoms with van der Waals surface area (Å²) in [6, 6.07) is 3.53. The zero-order valence-corrected chi connectivity index (χ0v) is 13.3. The number of aryl methyl sites for hydroxylation is 2. The van der Waals surface area contributed by atoms with E-state index in [4.69, 9.17) is 4.74 Å². The molecular formula is C16H21N5O2. The summed E-state index contributed by atoms with van der Waals surface area (Å²) < 4.78 is 7.75. The molecule has 23 heavy (non-hydrogen) atoms. The smallest absolute Gasteiger partial charge is 0.320 e. The second kappa shape index (κ2) is 6.78. The van der Waals surface area contributed by atoms with Crippen molar-refractivity contribution in [2.45, 2.75) is 31.9 Å². The first-order chi connectivity index (χ1) is 11.1. The Bertz CT molecular complexity index is 667. The molecule has 2 N–H and O–H groups in total. The van der Waals surface area contributed by atoms with Gasteiger partial charge in [-0.3, -0.25) is 5.32 Å². The van der Waals surface area contributed by atoms with Gasteiger partial charge in [0.25, 0.3) is 0 Å². The van der Waals surface area contributed by atoms with E-state index in [0.717, 1.165) is 24.1 Å². The van der Waals surface area contributed by atoms with Gasteiger partial charge in [-0.1, -0.05) is 6.07 Å². The number of hydrogen-bond acceptors (Lipinski definition) is 4. The molecule has 1 saturated heterocycles. The molecule has 3 heterocycles. The van der Waals surface area contributed by atoms with Gasteiger partial charge >= 0.3 is 6.03 Å². The number of ether oxygens (including phenoxy) is 1. The molecular weight excluding hydrogens is 294 g/mol. The predicted octanol–water partition coefficient (Wildman–Crippen LogP) is 2.17. The molecule has 2 aromatic heterocycles. The summed E-state index contributed by atoms with van der Waals surface area (Å²) in [6.45, 7) is 2.57. The number of anilines is 1. The topological polar surface area (TPSA) is 81.1 Å². The van der Waals surface area contributed by atoms with Crippen LogP contribution in [0, 0.1) is 6.92 Å². The summed E-state index contributed by atoms with van der Waals surface area (Å²) in [5.74, 6) is 0.545. The lowest BCUT2D eigenvalue weighted by Crippen LogP contribution is -2.42. The molecule has 2 aromatic rings. The Hall–Kier alpha value is -2.41. The van der Waals surface area contributed by atoms with Gasteiger partial charge in [-0.05, 0) is 31.4 Å². The van der Waals surface area contributed by atoms with Crippen molar-refractivity contribution >= 4 is 11.8 Å². The zero-order chi connectivity index (χ0) is 16.2. The molecule has 0 spiro atoms. The first-order valence-electron chi connectivity index (χ1n) is 7.70. The van der Waals surface area contributed by atoms with Crippen LogP contribution in [0.1, 0.15) is 30.2 Å². The fraction of sp³-hybridized carbons (Fsp3) is 0.438. The summed E-state index contributed by atoms with van der Waals surface area (Å²) in [5.41, 5.74) is 2.08. The molecule has 0 bridgehead atoms. The number of nitrogens with zero attached hydrogens (tertiary/aromatic N) is 3. The Morgan fingerprint density at radius 1 is 1.39 bits per heavy atom. The maximum absolute atomic E-state index is 12.1. The minimum Gasteiger partial charge on any atom is -0.372 e. The predicted molar refractivity (Wildman–Crippen MR) is 86.1 cm³/mol. The Balaban J connectivity index is 1.56. The summed E-state index contributed by atoms with van der Waals surface area (Å²) in [6.07, 6.45) is 6.77. The molecule has 0 aliphatic carbocycles. The molecule has 1 aliphatic rings. The normalized spacial score (nSPS) is 21.0. The summed E-state index contributed by atoms with van der Waals surface area (Å²) in [5, 5.41) is 5.75. The molecule has 0 radical (unpaired) electrons. The van der Waals surface area contributed by atoms with Crippen LogP contribution >= 0.6 is 0 Å². The third-order valence-corrected chi connectivity index (χ3v) is 3.96. The number of rotatable bonds is 3. The monoisotopic (exact) mass is 315 g/mol. The van der Waals surface area contributed by atoms with Crippen LogP contribution in [-0.2, 0) is 11.8 Å². The average molecular weight is 315 g/mol. The van der Waals surface area contributed by atoms with Gasteiger partial charge in [0.05, 0.1) is 18.2 Å². The van der Waals surface area contributed by atoms with Crippen molar-refractivity contribution in [1.29, 1.82) is 0 Å². The van der Waals surface area contributed by atoms with Crippen molar-refractivity contribution in [1.82, 2.24) is 19.9 Å². The number of imidazole rings is 1. The van der Waals surface area contributed by atoms with Crippen LogP contribution in [-0.4, -0.2) is 33.2 Å². The fourth-order valence-electron chi connectivity index (χ4n) is 2.69. The van der Waals surface area contributed by atoms with Crippen LogP contribution in [0.4, 0.5) is 10.6 Å². The van der Waals surface area contributed by atoms with Gasteiger partial charge in [0.1, 0.15) is 11.9 Å². The van der Waals surface area contributed by atoms with E-state index in [-0.39, 0.29) is 18.2 Å². The van der Waals surface area contributed by atoms with Crippen molar-refractivity contribution < 1.29 is 9.53 Å². The van der Waals surface area contributed by atoms with Gasteiger partial charge in [-0.2, -0.15) is 0 Å². The van der Waals surface area contributed by atoms with Crippen LogP contribution in [0.5, 0.6) is 0 Å². The van der Waals surface area contributed by atoms with E-state index in [2.05, 4.69) is 20.6 Å². The van der Waals surface area contributed by atoms with Gasteiger partial charge < -0.3 is 14.6 Å². The van der Waals surface area contributed by atoms with E-state index in [1.165, 1.54) is 0 Å². The average Bonchev–Trinajstić information content (AvgIpc) is 2.96. The molecule has 2 unspecified atom stereocenters. The lowest BCUT2D eigenvalue weighted by atomic mass is 10.0. The number of urea groups is 1. The molecule has 7 nitrogen and oxygen atoms in total. The van der Waals surface area contributed by atoms with Crippen LogP contribution in [0.25, 0.3) is 0 Å². The molecule has 122 valence electrons. The van der Waals surface area contributed by atoms with Crippen LogP contribution < -0.4 is 10.6 Å². The Kier molecular flexibility index (Phi) is 4.57. The zero-order valence-electron chi connectivity index (χ0n) is 13.3. The standard InChI is InChI=1S/C16H21N5O2/c1-11-3-4-15(18-8-11)20-16(22)19-12-5-6-23-14(7-12)13-9-17-10-21(13)2/h3-4,8-10,12,14H,5-7H2,1-2H3,(H2,18,19,20,22). The third kappa shape index (κ3) is 3.87. The van der Waals surface area contributed by atoms with Crippen molar-refractivity contribution in [3.05, 3.63) is 42.1 Å². The summed E-state index contributed by atoms with van der Waals surface area (Å²) >= 11 is 0. The van der Waals surface area contributed by atoms with Gasteiger partial charge in [0.2, 0.25) is 0 Å².